The molecule has 1 heterocycles. The van der Waals surface area contributed by atoms with Gasteiger partial charge in [0.15, 0.2) is 0 Å². The van der Waals surface area contributed by atoms with Crippen molar-refractivity contribution in [1.82, 2.24) is 4.98 Å². The summed E-state index contributed by atoms with van der Waals surface area (Å²) in [6.07, 6.45) is 2.92. The Morgan fingerprint density at radius 2 is 2.38 bits per heavy atom. The molecule has 3 N–H and O–H groups in total. The van der Waals surface area contributed by atoms with E-state index in [9.17, 15) is 4.79 Å². The largest absolute Gasteiger partial charge is 0.402 e. The van der Waals surface area contributed by atoms with Crippen molar-refractivity contribution >= 4 is 11.7 Å². The van der Waals surface area contributed by atoms with Crippen LogP contribution in [-0.4, -0.2) is 10.9 Å². The van der Waals surface area contributed by atoms with Gasteiger partial charge in [-0.25, -0.2) is 4.98 Å². The Morgan fingerprint density at radius 1 is 1.62 bits per heavy atom. The first-order valence-electron chi connectivity index (χ1n) is 3.84. The lowest BCUT2D eigenvalue weighted by Gasteiger charge is -1.99. The molecule has 0 atom stereocenters. The highest BCUT2D eigenvalue weighted by Crippen LogP contribution is 1.99. The van der Waals surface area contributed by atoms with E-state index >= 15 is 0 Å². The molecule has 0 aliphatic rings. The van der Waals surface area contributed by atoms with Crippen LogP contribution in [0.3, 0.4) is 0 Å². The molecular formula is C9H11N3O. The maximum atomic E-state index is 11.1. The molecule has 13 heavy (non-hydrogen) atoms. The predicted molar refractivity (Wildman–Crippen MR) is 50.8 cm³/mol. The van der Waals surface area contributed by atoms with Crippen LogP contribution < -0.4 is 11.1 Å². The summed E-state index contributed by atoms with van der Waals surface area (Å²) in [6, 6.07) is 5.28. The second-order valence-electron chi connectivity index (χ2n) is 2.59. The second-order valence-corrected chi connectivity index (χ2v) is 2.59. The summed E-state index contributed by atoms with van der Waals surface area (Å²) in [5.41, 5.74) is 5.79. The summed E-state index contributed by atoms with van der Waals surface area (Å²) in [7, 11) is 0. The zero-order valence-corrected chi connectivity index (χ0v) is 7.32. The average Bonchev–Trinajstić information content (AvgIpc) is 2.04. The molecule has 1 aromatic heterocycles. The first kappa shape index (κ1) is 9.25. The van der Waals surface area contributed by atoms with Crippen molar-refractivity contribution < 1.29 is 4.79 Å². The third-order valence-corrected chi connectivity index (χ3v) is 1.27. The minimum atomic E-state index is -0.265. The maximum Gasteiger partial charge on any atom is 0.251 e. The van der Waals surface area contributed by atoms with Gasteiger partial charge in [-0.05, 0) is 19.1 Å². The standard InChI is InChI=1S/C9H11N3O/c1-7(10)6-9(13)12-8-4-2-3-5-11-8/h2-6H,10H2,1H3,(H,11,12,13)/b7-6-. The number of hydrogen-bond acceptors (Lipinski definition) is 3. The van der Waals surface area contributed by atoms with Gasteiger partial charge >= 0.3 is 0 Å². The normalized spacial score (nSPS) is 11.0. The van der Waals surface area contributed by atoms with E-state index < -0.39 is 0 Å². The molecular weight excluding hydrogens is 166 g/mol. The molecule has 0 spiro atoms. The lowest BCUT2D eigenvalue weighted by Crippen LogP contribution is -2.11. The van der Waals surface area contributed by atoms with E-state index in [2.05, 4.69) is 10.3 Å². The van der Waals surface area contributed by atoms with Crippen molar-refractivity contribution in [1.29, 1.82) is 0 Å². The van der Waals surface area contributed by atoms with Gasteiger partial charge in [0.05, 0.1) is 0 Å². The predicted octanol–water partition coefficient (Wildman–Crippen LogP) is 0.883. The van der Waals surface area contributed by atoms with E-state index in [1.54, 1.807) is 31.3 Å². The van der Waals surface area contributed by atoms with Gasteiger partial charge in [0.2, 0.25) is 0 Å². The van der Waals surface area contributed by atoms with Crippen molar-refractivity contribution in [3.63, 3.8) is 0 Å². The Kier molecular flexibility index (Phi) is 3.03. The molecule has 0 aromatic carbocycles. The number of hydrogen-bond donors (Lipinski definition) is 2. The number of aromatic nitrogens is 1. The number of nitrogens with one attached hydrogen (secondary N) is 1. The fourth-order valence-electron chi connectivity index (χ4n) is 0.806. The molecule has 0 bridgehead atoms. The van der Waals surface area contributed by atoms with E-state index in [0.29, 0.717) is 11.5 Å². The summed E-state index contributed by atoms with van der Waals surface area (Å²) >= 11 is 0. The Balaban J connectivity index is 2.61. The lowest BCUT2D eigenvalue weighted by atomic mass is 10.4. The van der Waals surface area contributed by atoms with E-state index in [-0.39, 0.29) is 5.91 Å². The maximum absolute atomic E-state index is 11.1. The van der Waals surface area contributed by atoms with Crippen molar-refractivity contribution in [3.05, 3.63) is 36.2 Å². The minimum Gasteiger partial charge on any atom is -0.402 e. The minimum absolute atomic E-state index is 0.265. The first-order chi connectivity index (χ1) is 6.18. The SMILES string of the molecule is C/C(N)=C/C(=O)Nc1ccccn1. The number of pyridine rings is 1. The summed E-state index contributed by atoms with van der Waals surface area (Å²) in [4.78, 5) is 15.0. The number of carbonyl (C=O) groups is 1. The fourth-order valence-corrected chi connectivity index (χ4v) is 0.806. The van der Waals surface area contributed by atoms with Gasteiger partial charge in [-0.1, -0.05) is 6.07 Å². The molecule has 0 aliphatic carbocycles. The summed E-state index contributed by atoms with van der Waals surface area (Å²) in [6.45, 7) is 1.65. The van der Waals surface area contributed by atoms with Crippen molar-refractivity contribution in [2.45, 2.75) is 6.92 Å². The molecule has 0 aliphatic heterocycles. The smallest absolute Gasteiger partial charge is 0.251 e. The van der Waals surface area contributed by atoms with E-state index in [1.165, 1.54) is 6.08 Å². The van der Waals surface area contributed by atoms with Gasteiger partial charge < -0.3 is 11.1 Å². The second kappa shape index (κ2) is 4.25. The topological polar surface area (TPSA) is 68.0 Å². The van der Waals surface area contributed by atoms with Gasteiger partial charge in [-0.15, -0.1) is 0 Å². The zero-order chi connectivity index (χ0) is 9.68. The molecule has 0 saturated carbocycles. The van der Waals surface area contributed by atoms with Crippen molar-refractivity contribution in [2.75, 3.05) is 5.32 Å². The molecule has 1 amide bonds. The number of nitrogens with zero attached hydrogens (tertiary/aromatic N) is 1. The van der Waals surface area contributed by atoms with Crippen LogP contribution >= 0.6 is 0 Å². The number of anilines is 1. The Bertz CT molecular complexity index is 315. The van der Waals surface area contributed by atoms with Crippen LogP contribution in [-0.2, 0) is 4.79 Å². The highest BCUT2D eigenvalue weighted by molar-refractivity contribution is 5.98. The number of amides is 1. The van der Waals surface area contributed by atoms with Crippen LogP contribution in [0.1, 0.15) is 6.92 Å². The van der Waals surface area contributed by atoms with Gasteiger partial charge in [-0.2, -0.15) is 0 Å². The number of carbonyl (C=O) groups excluding carboxylic acids is 1. The Morgan fingerprint density at radius 3 is 2.92 bits per heavy atom. The third-order valence-electron chi connectivity index (χ3n) is 1.27. The first-order valence-corrected chi connectivity index (χ1v) is 3.84. The summed E-state index contributed by atoms with van der Waals surface area (Å²) in [5.74, 6) is 0.253. The van der Waals surface area contributed by atoms with E-state index in [0.717, 1.165) is 0 Å². The molecule has 0 fully saturated rings. The van der Waals surface area contributed by atoms with Crippen molar-refractivity contribution in [2.24, 2.45) is 5.73 Å². The van der Waals surface area contributed by atoms with E-state index in [4.69, 9.17) is 5.73 Å². The number of allylic oxidation sites excluding steroid dienone is 1. The molecule has 1 aromatic rings. The summed E-state index contributed by atoms with van der Waals surface area (Å²) < 4.78 is 0. The monoisotopic (exact) mass is 177 g/mol. The van der Waals surface area contributed by atoms with Crippen LogP contribution in [0.15, 0.2) is 36.2 Å². The Hall–Kier alpha value is -1.84. The highest BCUT2D eigenvalue weighted by Gasteiger charge is 1.97. The van der Waals surface area contributed by atoms with Gasteiger partial charge in [0.25, 0.3) is 5.91 Å². The third kappa shape index (κ3) is 3.37. The van der Waals surface area contributed by atoms with Crippen LogP contribution in [0, 0.1) is 0 Å². The molecule has 1 rings (SSSR count). The Labute approximate surface area is 76.5 Å². The lowest BCUT2D eigenvalue weighted by molar-refractivity contribution is -0.112. The number of rotatable bonds is 2. The van der Waals surface area contributed by atoms with Crippen LogP contribution in [0.4, 0.5) is 5.82 Å². The molecule has 68 valence electrons. The van der Waals surface area contributed by atoms with Gasteiger partial charge in [-0.3, -0.25) is 4.79 Å². The zero-order valence-electron chi connectivity index (χ0n) is 7.32. The molecule has 4 nitrogen and oxygen atoms in total. The fraction of sp³-hybridized carbons (Fsp3) is 0.111. The molecule has 0 unspecified atom stereocenters. The van der Waals surface area contributed by atoms with Crippen molar-refractivity contribution in [3.8, 4) is 0 Å². The number of nitrogens with two attached hydrogens (primary N) is 1. The van der Waals surface area contributed by atoms with Gasteiger partial charge in [0.1, 0.15) is 5.82 Å². The summed E-state index contributed by atoms with van der Waals surface area (Å²) in [5, 5.41) is 2.57. The van der Waals surface area contributed by atoms with Gasteiger partial charge in [0, 0.05) is 18.0 Å². The quantitative estimate of drug-likeness (QED) is 0.659. The molecule has 4 heteroatoms. The van der Waals surface area contributed by atoms with Crippen LogP contribution in [0.5, 0.6) is 0 Å². The molecule has 0 radical (unpaired) electrons. The molecule has 0 saturated heterocycles. The average molecular weight is 177 g/mol. The van der Waals surface area contributed by atoms with Crippen LogP contribution in [0.25, 0.3) is 0 Å². The van der Waals surface area contributed by atoms with E-state index in [1.807, 2.05) is 0 Å². The van der Waals surface area contributed by atoms with Crippen LogP contribution in [0.2, 0.25) is 0 Å². The highest BCUT2D eigenvalue weighted by atomic mass is 16.1.